The first-order chi connectivity index (χ1) is 10.0. The van der Waals surface area contributed by atoms with Crippen LogP contribution in [0.2, 0.25) is 0 Å². The predicted molar refractivity (Wildman–Crippen MR) is 83.9 cm³/mol. The molecule has 2 rings (SSSR count). The van der Waals surface area contributed by atoms with Crippen LogP contribution in [0.3, 0.4) is 0 Å². The number of hydrazine groups is 1. The maximum atomic E-state index is 5.92. The van der Waals surface area contributed by atoms with Gasteiger partial charge in [-0.2, -0.15) is 5.10 Å². The Hall–Kier alpha value is -0.950. The quantitative estimate of drug-likeness (QED) is 0.604. The van der Waals surface area contributed by atoms with E-state index in [4.69, 9.17) is 10.6 Å². The van der Waals surface area contributed by atoms with Crippen LogP contribution in [-0.4, -0.2) is 52.6 Å². The fourth-order valence-corrected chi connectivity index (χ4v) is 2.71. The number of rotatable bonds is 6. The summed E-state index contributed by atoms with van der Waals surface area (Å²) in [7, 11) is 0. The molecule has 2 heterocycles. The summed E-state index contributed by atoms with van der Waals surface area (Å²) in [5.41, 5.74) is 3.97. The van der Waals surface area contributed by atoms with Crippen molar-refractivity contribution in [1.82, 2.24) is 20.1 Å². The number of nitrogens with zero attached hydrogens (tertiary/aromatic N) is 3. The lowest BCUT2D eigenvalue weighted by Crippen LogP contribution is -2.56. The fraction of sp³-hybridized carbons (Fsp3) is 0.800. The minimum atomic E-state index is 0.0852. The van der Waals surface area contributed by atoms with Crippen LogP contribution in [0.1, 0.15) is 39.4 Å². The van der Waals surface area contributed by atoms with E-state index in [1.807, 2.05) is 10.9 Å². The lowest BCUT2D eigenvalue weighted by molar-refractivity contribution is -0.0554. The van der Waals surface area contributed by atoms with Crippen molar-refractivity contribution in [3.8, 4) is 0 Å². The highest BCUT2D eigenvalue weighted by Gasteiger charge is 2.29. The third kappa shape index (κ3) is 4.26. The molecule has 6 nitrogen and oxygen atoms in total. The van der Waals surface area contributed by atoms with E-state index in [0.717, 1.165) is 31.8 Å². The molecule has 21 heavy (non-hydrogen) atoms. The van der Waals surface area contributed by atoms with E-state index >= 15 is 0 Å². The van der Waals surface area contributed by atoms with Gasteiger partial charge in [-0.05, 0) is 33.8 Å². The molecule has 1 aromatic heterocycles. The maximum absolute atomic E-state index is 5.92. The van der Waals surface area contributed by atoms with Gasteiger partial charge in [0.15, 0.2) is 0 Å². The van der Waals surface area contributed by atoms with Gasteiger partial charge in [0.2, 0.25) is 0 Å². The molecular weight excluding hydrogens is 266 g/mol. The second kappa shape index (κ2) is 7.35. The molecular formula is C15H29N5O. The van der Waals surface area contributed by atoms with Crippen molar-refractivity contribution in [2.24, 2.45) is 5.84 Å². The fourth-order valence-electron chi connectivity index (χ4n) is 2.71. The molecule has 0 radical (unpaired) electrons. The third-order valence-corrected chi connectivity index (χ3v) is 4.14. The molecule has 1 saturated heterocycles. The average Bonchev–Trinajstić information content (AvgIpc) is 2.93. The van der Waals surface area contributed by atoms with Gasteiger partial charge in [0.25, 0.3) is 0 Å². The first-order valence-electron chi connectivity index (χ1n) is 7.87. The molecule has 0 bridgehead atoms. The first kappa shape index (κ1) is 16.4. The zero-order valence-electron chi connectivity index (χ0n) is 13.6. The molecule has 0 aromatic carbocycles. The zero-order valence-corrected chi connectivity index (χ0v) is 13.6. The van der Waals surface area contributed by atoms with Crippen LogP contribution >= 0.6 is 0 Å². The number of morpholine rings is 1. The third-order valence-electron chi connectivity index (χ3n) is 4.14. The van der Waals surface area contributed by atoms with Crippen LogP contribution in [0, 0.1) is 0 Å². The molecule has 0 spiro atoms. The van der Waals surface area contributed by atoms with Gasteiger partial charge in [-0.1, -0.05) is 0 Å². The van der Waals surface area contributed by atoms with Gasteiger partial charge in [0, 0.05) is 37.8 Å². The minimum absolute atomic E-state index is 0.0852. The van der Waals surface area contributed by atoms with E-state index in [2.05, 4.69) is 49.2 Å². The molecule has 0 saturated carbocycles. The Labute approximate surface area is 127 Å². The van der Waals surface area contributed by atoms with E-state index in [9.17, 15) is 0 Å². The first-order valence-corrected chi connectivity index (χ1v) is 7.87. The molecule has 1 aliphatic heterocycles. The van der Waals surface area contributed by atoms with Gasteiger partial charge in [-0.25, -0.2) is 0 Å². The maximum Gasteiger partial charge on any atom is 0.0872 e. The highest BCUT2D eigenvalue weighted by atomic mass is 16.5. The normalized spacial score (nSPS) is 22.1. The van der Waals surface area contributed by atoms with Crippen molar-refractivity contribution in [1.29, 1.82) is 0 Å². The Morgan fingerprint density at radius 2 is 2.14 bits per heavy atom. The van der Waals surface area contributed by atoms with Gasteiger partial charge in [-0.3, -0.25) is 20.9 Å². The number of aromatic nitrogens is 2. The zero-order chi connectivity index (χ0) is 15.4. The molecule has 0 aliphatic carbocycles. The molecule has 6 heteroatoms. The highest BCUT2D eigenvalue weighted by molar-refractivity contribution is 5.03. The second-order valence-corrected chi connectivity index (χ2v) is 6.36. The molecule has 3 N–H and O–H groups in total. The van der Waals surface area contributed by atoms with E-state index < -0.39 is 0 Å². The summed E-state index contributed by atoms with van der Waals surface area (Å²) < 4.78 is 7.90. The van der Waals surface area contributed by atoms with Crippen molar-refractivity contribution < 1.29 is 4.74 Å². The van der Waals surface area contributed by atoms with Gasteiger partial charge >= 0.3 is 0 Å². The van der Waals surface area contributed by atoms with Crippen LogP contribution in [-0.2, 0) is 11.2 Å². The molecule has 2 unspecified atom stereocenters. The lowest BCUT2D eigenvalue weighted by Gasteiger charge is -2.38. The highest BCUT2D eigenvalue weighted by Crippen LogP contribution is 2.15. The molecule has 1 aliphatic rings. The summed E-state index contributed by atoms with van der Waals surface area (Å²) in [5, 5.41) is 4.60. The SMILES string of the molecule is CC(C)N1CCOC(C(Cc2ccn(C(C)C)n2)NN)C1. The van der Waals surface area contributed by atoms with Crippen LogP contribution in [0.25, 0.3) is 0 Å². The molecule has 1 fully saturated rings. The molecule has 1 aromatic rings. The van der Waals surface area contributed by atoms with Crippen molar-refractivity contribution in [2.45, 2.75) is 58.3 Å². The molecule has 0 amide bonds. The molecule has 2 atom stereocenters. The second-order valence-electron chi connectivity index (χ2n) is 6.36. The van der Waals surface area contributed by atoms with E-state index in [-0.39, 0.29) is 12.1 Å². The van der Waals surface area contributed by atoms with Crippen LogP contribution in [0.4, 0.5) is 0 Å². The predicted octanol–water partition coefficient (Wildman–Crippen LogP) is 0.948. The Kier molecular flexibility index (Phi) is 5.75. The topological polar surface area (TPSA) is 68.3 Å². The van der Waals surface area contributed by atoms with E-state index in [0.29, 0.717) is 12.1 Å². The summed E-state index contributed by atoms with van der Waals surface area (Å²) in [6.45, 7) is 11.4. The average molecular weight is 295 g/mol. The Balaban J connectivity index is 1.98. The summed E-state index contributed by atoms with van der Waals surface area (Å²) >= 11 is 0. The summed E-state index contributed by atoms with van der Waals surface area (Å²) in [6.07, 6.45) is 2.91. The largest absolute Gasteiger partial charge is 0.374 e. The summed E-state index contributed by atoms with van der Waals surface area (Å²) in [5.74, 6) is 5.76. The van der Waals surface area contributed by atoms with Crippen molar-refractivity contribution in [3.05, 3.63) is 18.0 Å². The van der Waals surface area contributed by atoms with Crippen LogP contribution in [0.5, 0.6) is 0 Å². The van der Waals surface area contributed by atoms with Crippen molar-refractivity contribution in [2.75, 3.05) is 19.7 Å². The van der Waals surface area contributed by atoms with Crippen LogP contribution < -0.4 is 11.3 Å². The van der Waals surface area contributed by atoms with E-state index in [1.165, 1.54) is 0 Å². The minimum Gasteiger partial charge on any atom is -0.374 e. The van der Waals surface area contributed by atoms with Crippen LogP contribution in [0.15, 0.2) is 12.3 Å². The van der Waals surface area contributed by atoms with Crippen molar-refractivity contribution in [3.63, 3.8) is 0 Å². The van der Waals surface area contributed by atoms with Crippen molar-refractivity contribution >= 4 is 0 Å². The standard InChI is InChI=1S/C15H29N5O/c1-11(2)19-7-8-21-15(10-19)14(17-16)9-13-5-6-20(18-13)12(3)4/h5-6,11-12,14-15,17H,7-10,16H2,1-4H3. The monoisotopic (exact) mass is 295 g/mol. The number of hydrogen-bond acceptors (Lipinski definition) is 5. The molecule has 120 valence electrons. The smallest absolute Gasteiger partial charge is 0.0872 e. The Bertz CT molecular complexity index is 431. The lowest BCUT2D eigenvalue weighted by atomic mass is 10.0. The summed E-state index contributed by atoms with van der Waals surface area (Å²) in [6, 6.07) is 3.07. The summed E-state index contributed by atoms with van der Waals surface area (Å²) in [4.78, 5) is 2.44. The number of ether oxygens (including phenoxy) is 1. The van der Waals surface area contributed by atoms with Gasteiger partial charge in [-0.15, -0.1) is 0 Å². The van der Waals surface area contributed by atoms with Gasteiger partial charge in [0.05, 0.1) is 24.4 Å². The Morgan fingerprint density at radius 3 is 2.71 bits per heavy atom. The number of nitrogens with one attached hydrogen (secondary N) is 1. The Morgan fingerprint density at radius 1 is 1.38 bits per heavy atom. The van der Waals surface area contributed by atoms with E-state index in [1.54, 1.807) is 0 Å². The van der Waals surface area contributed by atoms with Gasteiger partial charge < -0.3 is 4.74 Å². The number of nitrogens with two attached hydrogens (primary N) is 1. The van der Waals surface area contributed by atoms with Gasteiger partial charge in [0.1, 0.15) is 0 Å². The number of hydrogen-bond donors (Lipinski definition) is 2.